The Morgan fingerprint density at radius 2 is 1.94 bits per heavy atom. The lowest BCUT2D eigenvalue weighted by molar-refractivity contribution is 0.0438. The molecule has 1 fully saturated rings. The van der Waals surface area contributed by atoms with Gasteiger partial charge in [-0.05, 0) is 50.1 Å². The van der Waals surface area contributed by atoms with Crippen molar-refractivity contribution in [3.05, 3.63) is 60.0 Å². The van der Waals surface area contributed by atoms with Crippen LogP contribution in [-0.2, 0) is 21.4 Å². The molecule has 9 nitrogen and oxygen atoms in total. The second-order valence-electron chi connectivity index (χ2n) is 7.77. The Morgan fingerprint density at radius 3 is 2.67 bits per heavy atom. The minimum Gasteiger partial charge on any atom is -0.495 e. The lowest BCUT2D eigenvalue weighted by atomic mass is 10.1. The number of rotatable bonds is 7. The highest BCUT2D eigenvalue weighted by Gasteiger charge is 2.33. The molecular weight excluding hydrogens is 446 g/mol. The minimum absolute atomic E-state index is 0.0580. The molecule has 0 spiro atoms. The maximum absolute atomic E-state index is 13.3. The van der Waals surface area contributed by atoms with Crippen molar-refractivity contribution in [3.63, 3.8) is 0 Å². The standard InChI is InChI=1S/C23H25N3O6S/c1-16-8-6-7-13-26(16)33(28,29)20-14-18(11-12-19(20)30-2)23(27)31-15-21-24-25-22(32-21)17-9-4-3-5-10-17/h3-5,9-12,14,16H,6-8,13,15H2,1-2H3. The molecule has 4 rings (SSSR count). The van der Waals surface area contributed by atoms with Gasteiger partial charge >= 0.3 is 5.97 Å². The van der Waals surface area contributed by atoms with Gasteiger partial charge in [0.25, 0.3) is 5.89 Å². The molecule has 1 atom stereocenters. The number of sulfonamides is 1. The van der Waals surface area contributed by atoms with Crippen molar-refractivity contribution in [2.75, 3.05) is 13.7 Å². The molecule has 10 heteroatoms. The number of hydrogen-bond acceptors (Lipinski definition) is 8. The van der Waals surface area contributed by atoms with Crippen LogP contribution in [0.4, 0.5) is 0 Å². The van der Waals surface area contributed by atoms with Crippen molar-refractivity contribution >= 4 is 16.0 Å². The van der Waals surface area contributed by atoms with Gasteiger partial charge in [-0.25, -0.2) is 13.2 Å². The van der Waals surface area contributed by atoms with E-state index >= 15 is 0 Å². The zero-order chi connectivity index (χ0) is 23.4. The molecule has 3 aromatic rings. The van der Waals surface area contributed by atoms with Crippen LogP contribution in [-0.4, -0.2) is 48.6 Å². The number of ether oxygens (including phenoxy) is 2. The zero-order valence-electron chi connectivity index (χ0n) is 18.4. The molecule has 33 heavy (non-hydrogen) atoms. The lowest BCUT2D eigenvalue weighted by Crippen LogP contribution is -2.42. The number of carbonyl (C=O) groups is 1. The van der Waals surface area contributed by atoms with Gasteiger partial charge in [-0.2, -0.15) is 4.31 Å². The molecule has 1 aromatic heterocycles. The average molecular weight is 472 g/mol. The van der Waals surface area contributed by atoms with Crippen LogP contribution in [0.25, 0.3) is 11.5 Å². The Kier molecular flexibility index (Phi) is 6.75. The van der Waals surface area contributed by atoms with Gasteiger partial charge < -0.3 is 13.9 Å². The number of esters is 1. The third kappa shape index (κ3) is 4.91. The van der Waals surface area contributed by atoms with Crippen molar-refractivity contribution in [3.8, 4) is 17.2 Å². The normalized spacial score (nSPS) is 17.0. The van der Waals surface area contributed by atoms with Gasteiger partial charge in [0, 0.05) is 18.2 Å². The monoisotopic (exact) mass is 471 g/mol. The average Bonchev–Trinajstić information content (AvgIpc) is 3.32. The highest BCUT2D eigenvalue weighted by atomic mass is 32.2. The Hall–Kier alpha value is -3.24. The van der Waals surface area contributed by atoms with Gasteiger partial charge in [0.05, 0.1) is 12.7 Å². The number of nitrogens with zero attached hydrogens (tertiary/aromatic N) is 3. The molecule has 174 valence electrons. The number of aromatic nitrogens is 2. The molecule has 0 aliphatic carbocycles. The van der Waals surface area contributed by atoms with Gasteiger partial charge in [-0.15, -0.1) is 10.2 Å². The summed E-state index contributed by atoms with van der Waals surface area (Å²) in [7, 11) is -2.45. The number of methoxy groups -OCH3 is 1. The molecule has 2 aromatic carbocycles. The van der Waals surface area contributed by atoms with Crippen LogP contribution in [0.2, 0.25) is 0 Å². The molecule has 0 radical (unpaired) electrons. The predicted molar refractivity (Wildman–Crippen MR) is 119 cm³/mol. The Balaban J connectivity index is 1.51. The summed E-state index contributed by atoms with van der Waals surface area (Å²) in [5, 5.41) is 7.85. The van der Waals surface area contributed by atoms with E-state index in [4.69, 9.17) is 13.9 Å². The van der Waals surface area contributed by atoms with E-state index in [2.05, 4.69) is 10.2 Å². The first-order valence-corrected chi connectivity index (χ1v) is 12.1. The van der Waals surface area contributed by atoms with E-state index in [1.807, 2.05) is 37.3 Å². The van der Waals surface area contributed by atoms with Gasteiger partial charge in [-0.1, -0.05) is 24.6 Å². The third-order valence-corrected chi connectivity index (χ3v) is 7.58. The van der Waals surface area contributed by atoms with Gasteiger partial charge in [0.2, 0.25) is 15.9 Å². The van der Waals surface area contributed by atoms with E-state index in [1.54, 1.807) is 0 Å². The van der Waals surface area contributed by atoms with Crippen LogP contribution in [0.5, 0.6) is 5.75 Å². The third-order valence-electron chi connectivity index (χ3n) is 5.54. The first kappa shape index (κ1) is 22.9. The molecular formula is C23H25N3O6S. The van der Waals surface area contributed by atoms with Crippen LogP contribution in [0.1, 0.15) is 42.4 Å². The van der Waals surface area contributed by atoms with E-state index < -0.39 is 16.0 Å². The number of piperidine rings is 1. The van der Waals surface area contributed by atoms with E-state index in [-0.39, 0.29) is 34.7 Å². The van der Waals surface area contributed by atoms with E-state index in [0.29, 0.717) is 12.4 Å². The van der Waals surface area contributed by atoms with Crippen LogP contribution in [0, 0.1) is 0 Å². The summed E-state index contributed by atoms with van der Waals surface area (Å²) in [5.41, 5.74) is 0.835. The maximum atomic E-state index is 13.3. The molecule has 0 bridgehead atoms. The summed E-state index contributed by atoms with van der Waals surface area (Å²) in [6.07, 6.45) is 2.57. The summed E-state index contributed by atoms with van der Waals surface area (Å²) in [5.74, 6) is -0.0881. The number of hydrogen-bond donors (Lipinski definition) is 0. The van der Waals surface area contributed by atoms with Gasteiger partial charge in [-0.3, -0.25) is 0 Å². The minimum atomic E-state index is -3.84. The van der Waals surface area contributed by atoms with E-state index in [9.17, 15) is 13.2 Å². The summed E-state index contributed by atoms with van der Waals surface area (Å²) >= 11 is 0. The van der Waals surface area contributed by atoms with Crippen LogP contribution in [0.15, 0.2) is 57.8 Å². The first-order valence-electron chi connectivity index (χ1n) is 10.6. The lowest BCUT2D eigenvalue weighted by Gasteiger charge is -2.32. The highest BCUT2D eigenvalue weighted by molar-refractivity contribution is 7.89. The smallest absolute Gasteiger partial charge is 0.338 e. The molecule has 1 saturated heterocycles. The second-order valence-corrected chi connectivity index (χ2v) is 9.63. The van der Waals surface area contributed by atoms with Crippen LogP contribution < -0.4 is 4.74 Å². The molecule has 0 amide bonds. The Bertz CT molecular complexity index is 1230. The van der Waals surface area contributed by atoms with Crippen molar-refractivity contribution in [2.24, 2.45) is 0 Å². The summed E-state index contributed by atoms with van der Waals surface area (Å²) < 4.78 is 44.2. The molecule has 1 aliphatic rings. The SMILES string of the molecule is COc1ccc(C(=O)OCc2nnc(-c3ccccc3)o2)cc1S(=O)(=O)N1CCCCC1C. The maximum Gasteiger partial charge on any atom is 0.338 e. The fourth-order valence-electron chi connectivity index (χ4n) is 3.78. The summed E-state index contributed by atoms with van der Waals surface area (Å²) in [6.45, 7) is 2.08. The number of carbonyl (C=O) groups excluding carboxylic acids is 1. The molecule has 0 N–H and O–H groups in total. The van der Waals surface area contributed by atoms with E-state index in [0.717, 1.165) is 24.8 Å². The summed E-state index contributed by atoms with van der Waals surface area (Å²) in [4.78, 5) is 12.6. The molecule has 2 heterocycles. The van der Waals surface area contributed by atoms with Crippen molar-refractivity contribution < 1.29 is 27.1 Å². The summed E-state index contributed by atoms with van der Waals surface area (Å²) in [6, 6.07) is 13.3. The van der Waals surface area contributed by atoms with Gasteiger partial charge in [0.1, 0.15) is 10.6 Å². The topological polar surface area (TPSA) is 112 Å². The highest BCUT2D eigenvalue weighted by Crippen LogP contribution is 2.32. The fourth-order valence-corrected chi connectivity index (χ4v) is 5.66. The first-order chi connectivity index (χ1) is 15.9. The second kappa shape index (κ2) is 9.72. The molecule has 1 aliphatic heterocycles. The Morgan fingerprint density at radius 1 is 1.15 bits per heavy atom. The number of benzene rings is 2. The predicted octanol–water partition coefficient (Wildman–Crippen LogP) is 3.67. The Labute approximate surface area is 192 Å². The fraction of sp³-hybridized carbons (Fsp3) is 0.348. The van der Waals surface area contributed by atoms with Crippen molar-refractivity contribution in [1.29, 1.82) is 0 Å². The largest absolute Gasteiger partial charge is 0.495 e. The van der Waals surface area contributed by atoms with Crippen LogP contribution in [0.3, 0.4) is 0 Å². The zero-order valence-corrected chi connectivity index (χ0v) is 19.2. The van der Waals surface area contributed by atoms with Crippen molar-refractivity contribution in [1.82, 2.24) is 14.5 Å². The van der Waals surface area contributed by atoms with Crippen LogP contribution >= 0.6 is 0 Å². The quantitative estimate of drug-likeness (QED) is 0.480. The molecule has 1 unspecified atom stereocenters. The van der Waals surface area contributed by atoms with Crippen molar-refractivity contribution in [2.45, 2.75) is 43.7 Å². The van der Waals surface area contributed by atoms with Gasteiger partial charge in [0.15, 0.2) is 6.61 Å². The molecule has 0 saturated carbocycles. The van der Waals surface area contributed by atoms with E-state index in [1.165, 1.54) is 29.6 Å².